The molecule has 1 amide bonds. The van der Waals surface area contributed by atoms with Crippen LogP contribution in [0.4, 0.5) is 14.9 Å². The van der Waals surface area contributed by atoms with Gasteiger partial charge in [-0.15, -0.1) is 0 Å². The van der Waals surface area contributed by atoms with Crippen LogP contribution < -0.4 is 10.2 Å². The molecule has 0 radical (unpaired) electrons. The van der Waals surface area contributed by atoms with Gasteiger partial charge in [0.15, 0.2) is 0 Å². The highest BCUT2D eigenvalue weighted by Crippen LogP contribution is 2.51. The molecule has 3 saturated heterocycles. The monoisotopic (exact) mass is 587 g/mol. The van der Waals surface area contributed by atoms with E-state index in [4.69, 9.17) is 10.00 Å². The number of halogens is 1. The molecule has 6 rings (SSSR count). The van der Waals surface area contributed by atoms with Crippen LogP contribution in [0.1, 0.15) is 62.5 Å². The maximum Gasteiger partial charge on any atom is 0.407 e. The van der Waals surface area contributed by atoms with Crippen LogP contribution >= 0.6 is 0 Å². The molecule has 1 saturated carbocycles. The van der Waals surface area contributed by atoms with E-state index in [0.29, 0.717) is 17.5 Å². The van der Waals surface area contributed by atoms with Crippen LogP contribution in [0.15, 0.2) is 48.5 Å². The summed E-state index contributed by atoms with van der Waals surface area (Å²) in [5.74, 6) is 0.476. The smallest absolute Gasteiger partial charge is 0.407 e. The molecular weight excluding hydrogens is 541 g/mol. The van der Waals surface area contributed by atoms with Crippen molar-refractivity contribution in [2.75, 3.05) is 57.8 Å². The fourth-order valence-electron chi connectivity index (χ4n) is 8.75. The molecule has 1 aliphatic carbocycles. The van der Waals surface area contributed by atoms with E-state index in [9.17, 15) is 9.18 Å². The number of piperidine rings is 2. The highest BCUT2D eigenvalue weighted by molar-refractivity contribution is 5.67. The first kappa shape index (κ1) is 29.9. The fraction of sp³-hybridized carbons (Fsp3) is 0.600. The second kappa shape index (κ2) is 13.2. The lowest BCUT2D eigenvalue weighted by molar-refractivity contribution is 0.0151. The van der Waals surface area contributed by atoms with Crippen molar-refractivity contribution in [1.82, 2.24) is 15.1 Å². The van der Waals surface area contributed by atoms with Gasteiger partial charge in [-0.05, 0) is 125 Å². The molecule has 2 aromatic rings. The lowest BCUT2D eigenvalue weighted by atomic mass is 9.57. The maximum absolute atomic E-state index is 14.9. The third-order valence-electron chi connectivity index (χ3n) is 11.1. The Balaban J connectivity index is 1.20. The number of hydrogen-bond donors (Lipinski definition) is 1. The number of nitrogens with one attached hydrogen (secondary N) is 1. The van der Waals surface area contributed by atoms with Gasteiger partial charge in [0.05, 0.1) is 18.7 Å². The summed E-state index contributed by atoms with van der Waals surface area (Å²) in [6.45, 7) is 7.29. The van der Waals surface area contributed by atoms with Crippen LogP contribution in [-0.2, 0) is 10.2 Å². The van der Waals surface area contributed by atoms with Crippen LogP contribution in [0, 0.1) is 29.0 Å². The Kier molecular flexibility index (Phi) is 9.20. The molecule has 4 aliphatic rings. The van der Waals surface area contributed by atoms with Crippen molar-refractivity contribution < 1.29 is 13.9 Å². The van der Waals surface area contributed by atoms with Gasteiger partial charge in [-0.3, -0.25) is 0 Å². The highest BCUT2D eigenvalue weighted by atomic mass is 19.1. The number of rotatable bonds is 8. The Morgan fingerprint density at radius 2 is 1.72 bits per heavy atom. The number of nitriles is 1. The van der Waals surface area contributed by atoms with Crippen LogP contribution in [-0.4, -0.2) is 80.9 Å². The third-order valence-corrected chi connectivity index (χ3v) is 11.1. The summed E-state index contributed by atoms with van der Waals surface area (Å²) in [5.41, 5.74) is 2.79. The summed E-state index contributed by atoms with van der Waals surface area (Å²) in [5, 5.41) is 12.3. The largest absolute Gasteiger partial charge is 0.453 e. The van der Waals surface area contributed by atoms with Gasteiger partial charge in [0.1, 0.15) is 5.82 Å². The Morgan fingerprint density at radius 3 is 2.35 bits per heavy atom. The van der Waals surface area contributed by atoms with Gasteiger partial charge < -0.3 is 24.8 Å². The minimum Gasteiger partial charge on any atom is -0.453 e. The molecular formula is C35H46FN5O2. The normalized spacial score (nSPS) is 25.5. The quantitative estimate of drug-likeness (QED) is 0.437. The maximum atomic E-state index is 14.9. The van der Waals surface area contributed by atoms with E-state index < -0.39 is 0 Å². The van der Waals surface area contributed by atoms with Crippen molar-refractivity contribution >= 4 is 11.8 Å². The Labute approximate surface area is 256 Å². The number of carbonyl (C=O) groups excluding carboxylic acids is 1. The summed E-state index contributed by atoms with van der Waals surface area (Å²) in [4.78, 5) is 20.1. The molecule has 4 fully saturated rings. The molecule has 0 unspecified atom stereocenters. The topological polar surface area (TPSA) is 71.8 Å². The second-order valence-electron chi connectivity index (χ2n) is 13.1. The van der Waals surface area contributed by atoms with Crippen LogP contribution in [0.3, 0.4) is 0 Å². The van der Waals surface area contributed by atoms with E-state index in [1.807, 2.05) is 18.2 Å². The molecule has 8 heteroatoms. The zero-order valence-electron chi connectivity index (χ0n) is 25.5. The summed E-state index contributed by atoms with van der Waals surface area (Å²) >= 11 is 0. The van der Waals surface area contributed by atoms with Gasteiger partial charge in [0.25, 0.3) is 0 Å². The Morgan fingerprint density at radius 1 is 0.977 bits per heavy atom. The minimum absolute atomic E-state index is 0.0292. The van der Waals surface area contributed by atoms with Gasteiger partial charge in [-0.2, -0.15) is 5.26 Å². The number of methoxy groups -OCH3 is 1. The summed E-state index contributed by atoms with van der Waals surface area (Å²) in [7, 11) is 1.43. The summed E-state index contributed by atoms with van der Waals surface area (Å²) < 4.78 is 20.0. The minimum atomic E-state index is -0.365. The Bertz CT molecular complexity index is 1280. The van der Waals surface area contributed by atoms with E-state index in [-0.39, 0.29) is 29.3 Å². The lowest BCUT2D eigenvalue weighted by Gasteiger charge is -2.54. The van der Waals surface area contributed by atoms with Crippen molar-refractivity contribution in [3.8, 4) is 6.07 Å². The summed E-state index contributed by atoms with van der Waals surface area (Å²) in [6, 6.07) is 18.2. The zero-order chi connectivity index (χ0) is 29.8. The van der Waals surface area contributed by atoms with E-state index in [1.165, 1.54) is 19.2 Å². The number of hydrogen-bond acceptors (Lipinski definition) is 6. The number of anilines is 1. The lowest BCUT2D eigenvalue weighted by Crippen LogP contribution is -2.60. The number of carbonyl (C=O) groups is 1. The van der Waals surface area contributed by atoms with Crippen LogP contribution in [0.25, 0.3) is 0 Å². The molecule has 3 heterocycles. The Hall–Kier alpha value is -3.15. The van der Waals surface area contributed by atoms with E-state index in [2.05, 4.69) is 44.3 Å². The first-order valence-electron chi connectivity index (χ1n) is 16.3. The van der Waals surface area contributed by atoms with Crippen LogP contribution in [0.5, 0.6) is 0 Å². The van der Waals surface area contributed by atoms with Crippen molar-refractivity contribution in [3.05, 3.63) is 65.5 Å². The van der Waals surface area contributed by atoms with Gasteiger partial charge in [-0.1, -0.05) is 18.6 Å². The van der Waals surface area contributed by atoms with E-state index in [1.54, 1.807) is 12.1 Å². The van der Waals surface area contributed by atoms with Crippen LogP contribution in [0.2, 0.25) is 0 Å². The number of benzene rings is 2. The molecule has 0 aromatic heterocycles. The number of amides is 1. The van der Waals surface area contributed by atoms with Crippen molar-refractivity contribution in [3.63, 3.8) is 0 Å². The summed E-state index contributed by atoms with van der Waals surface area (Å²) in [6.07, 6.45) is 8.34. The van der Waals surface area contributed by atoms with E-state index in [0.717, 1.165) is 96.3 Å². The predicted octanol–water partition coefficient (Wildman–Crippen LogP) is 5.55. The highest BCUT2D eigenvalue weighted by Gasteiger charge is 2.53. The van der Waals surface area contributed by atoms with Gasteiger partial charge in [-0.25, -0.2) is 9.18 Å². The second-order valence-corrected chi connectivity index (χ2v) is 13.1. The molecule has 43 heavy (non-hydrogen) atoms. The first-order valence-corrected chi connectivity index (χ1v) is 16.3. The number of alkyl carbamates (subject to hydrolysis) is 1. The third kappa shape index (κ3) is 6.25. The molecule has 7 nitrogen and oxygen atoms in total. The molecule has 0 bridgehead atoms. The molecule has 0 spiro atoms. The fourth-order valence-corrected chi connectivity index (χ4v) is 8.75. The predicted molar refractivity (Wildman–Crippen MR) is 166 cm³/mol. The van der Waals surface area contributed by atoms with Crippen molar-refractivity contribution in [1.29, 1.82) is 5.26 Å². The van der Waals surface area contributed by atoms with Gasteiger partial charge in [0.2, 0.25) is 0 Å². The molecule has 1 N–H and O–H groups in total. The van der Waals surface area contributed by atoms with E-state index >= 15 is 0 Å². The molecule has 2 aromatic carbocycles. The number of likely N-dealkylation sites (tertiary alicyclic amines) is 2. The molecule has 3 atom stereocenters. The molecule has 230 valence electrons. The molecule has 3 aliphatic heterocycles. The average molecular weight is 588 g/mol. The van der Waals surface area contributed by atoms with Gasteiger partial charge in [0, 0.05) is 42.8 Å². The first-order chi connectivity index (χ1) is 21.0. The van der Waals surface area contributed by atoms with Gasteiger partial charge >= 0.3 is 6.09 Å². The average Bonchev–Trinajstić information content (AvgIpc) is 3.49. The SMILES string of the molecule is COC(=O)N[C@H]1CCC[C@@H]1[C@](CN1CCC1)(c1cccc(F)c1)C1CCN(C2CCN(c3ccc(C#N)cc3)CC2)CC1. The number of nitrogens with zero attached hydrogens (tertiary/aromatic N) is 4. The zero-order valence-corrected chi connectivity index (χ0v) is 25.5. The standard InChI is InChI=1S/C35H46FN5O2/c1-43-34(42)38-33-8-3-7-32(33)35(25-39-17-4-18-39,28-5-2-6-29(36)23-28)27-13-19-40(20-14-27)31-15-21-41(22-16-31)30-11-9-26(24-37)10-12-30/h2,5-6,9-12,23,27,31-33H,3-4,7-8,13-22,25H2,1H3,(H,38,42)/t32-,33-,35-/m0/s1. The van der Waals surface area contributed by atoms with Crippen molar-refractivity contribution in [2.45, 2.75) is 68.9 Å². The number of ether oxygens (including phenoxy) is 1. The van der Waals surface area contributed by atoms with Crippen molar-refractivity contribution in [2.24, 2.45) is 11.8 Å².